The van der Waals surface area contributed by atoms with Gasteiger partial charge in [0.25, 0.3) is 5.91 Å². The van der Waals surface area contributed by atoms with Crippen molar-refractivity contribution in [2.75, 3.05) is 7.05 Å². The minimum atomic E-state index is -0.0847. The van der Waals surface area contributed by atoms with Crippen LogP contribution in [0.1, 0.15) is 5.56 Å². The summed E-state index contributed by atoms with van der Waals surface area (Å²) in [5, 5.41) is 3.85. The molecule has 0 saturated carbocycles. The molecule has 1 fully saturated rings. The molecule has 0 N–H and O–H groups in total. The summed E-state index contributed by atoms with van der Waals surface area (Å²) in [6.07, 6.45) is 1.83. The maximum absolute atomic E-state index is 12.5. The molecule has 0 unspecified atom stereocenters. The number of halogens is 1. The van der Waals surface area contributed by atoms with Gasteiger partial charge in [-0.05, 0) is 35.5 Å². The van der Waals surface area contributed by atoms with Crippen LogP contribution in [0.25, 0.3) is 17.3 Å². The van der Waals surface area contributed by atoms with Crippen molar-refractivity contribution in [3.05, 3.63) is 75.5 Å². The topological polar surface area (TPSA) is 45.6 Å². The van der Waals surface area contributed by atoms with Crippen LogP contribution in [-0.4, -0.2) is 28.0 Å². The van der Waals surface area contributed by atoms with Gasteiger partial charge in [-0.2, -0.15) is 4.99 Å². The molecule has 3 aromatic rings. The molecule has 7 heteroatoms. The van der Waals surface area contributed by atoms with Crippen molar-refractivity contribution in [1.29, 1.82) is 0 Å². The van der Waals surface area contributed by atoms with E-state index in [9.17, 15) is 4.79 Å². The van der Waals surface area contributed by atoms with Crippen molar-refractivity contribution in [3.8, 4) is 11.3 Å². The fourth-order valence-electron chi connectivity index (χ4n) is 2.54. The summed E-state index contributed by atoms with van der Waals surface area (Å²) in [5.41, 5.74) is 2.81. The molecule has 1 amide bonds. The molecule has 27 heavy (non-hydrogen) atoms. The van der Waals surface area contributed by atoms with Crippen LogP contribution in [-0.2, 0) is 4.79 Å². The van der Waals surface area contributed by atoms with Crippen molar-refractivity contribution < 1.29 is 4.79 Å². The largest absolute Gasteiger partial charge is 0.289 e. The maximum Gasteiger partial charge on any atom is 0.266 e. The molecule has 0 radical (unpaired) electrons. The third-order valence-corrected chi connectivity index (χ3v) is 5.93. The zero-order valence-corrected chi connectivity index (χ0v) is 16.7. The highest BCUT2D eigenvalue weighted by molar-refractivity contribution is 8.18. The van der Waals surface area contributed by atoms with Gasteiger partial charge in [0.15, 0.2) is 5.17 Å². The van der Waals surface area contributed by atoms with Gasteiger partial charge in [0.2, 0.25) is 5.13 Å². The molecule has 0 atom stereocenters. The molecule has 1 saturated heterocycles. The van der Waals surface area contributed by atoms with Gasteiger partial charge in [-0.1, -0.05) is 54.1 Å². The molecule has 134 valence electrons. The van der Waals surface area contributed by atoms with Crippen LogP contribution in [0.4, 0.5) is 5.13 Å². The fourth-order valence-corrected chi connectivity index (χ4v) is 4.46. The Labute approximate surface area is 170 Å². The Morgan fingerprint density at radius 3 is 2.74 bits per heavy atom. The number of nitrogens with zero attached hydrogens (tertiary/aromatic N) is 3. The van der Waals surface area contributed by atoms with Crippen LogP contribution in [0.15, 0.2) is 69.9 Å². The van der Waals surface area contributed by atoms with Gasteiger partial charge < -0.3 is 0 Å². The maximum atomic E-state index is 12.5. The minimum Gasteiger partial charge on any atom is -0.289 e. The number of aliphatic imine (C=N–C) groups is 1. The van der Waals surface area contributed by atoms with Crippen LogP contribution in [0, 0.1) is 0 Å². The van der Waals surface area contributed by atoms with E-state index in [1.165, 1.54) is 23.1 Å². The summed E-state index contributed by atoms with van der Waals surface area (Å²) in [6, 6.07) is 17.4. The van der Waals surface area contributed by atoms with Gasteiger partial charge in [0.05, 0.1) is 10.6 Å². The third kappa shape index (κ3) is 3.98. The summed E-state index contributed by atoms with van der Waals surface area (Å²) in [5.74, 6) is -0.0847. The Bertz CT molecular complexity index is 1060. The molecule has 2 aromatic carbocycles. The molecule has 2 heterocycles. The number of carbonyl (C=O) groups is 1. The zero-order valence-electron chi connectivity index (χ0n) is 14.3. The lowest BCUT2D eigenvalue weighted by molar-refractivity contribution is -0.121. The average Bonchev–Trinajstić information content (AvgIpc) is 3.24. The van der Waals surface area contributed by atoms with Gasteiger partial charge in [0, 0.05) is 23.0 Å². The number of hydrogen-bond donors (Lipinski definition) is 0. The zero-order chi connectivity index (χ0) is 18.8. The van der Waals surface area contributed by atoms with E-state index in [2.05, 4.69) is 9.98 Å². The Balaban J connectivity index is 1.59. The first-order valence-electron chi connectivity index (χ1n) is 8.13. The molecule has 1 aliphatic rings. The Kier molecular flexibility index (Phi) is 5.11. The number of hydrogen-bond acceptors (Lipinski definition) is 5. The number of carbonyl (C=O) groups excluding carboxylic acids is 1. The standard InChI is InChI=1S/C20H14ClN3OS2/c1-24-18(25)17(11-13-6-5-9-15(21)10-13)27-20(24)23-19-22-16(12-26-19)14-7-3-2-4-8-14/h2-12H,1H3/b17-11-,23-20+. The second-order valence-corrected chi connectivity index (χ2v) is 8.09. The lowest BCUT2D eigenvalue weighted by Crippen LogP contribution is -2.23. The number of likely N-dealkylation sites (N-methyl/N-ethyl adjacent to an activating group) is 1. The predicted octanol–water partition coefficient (Wildman–Crippen LogP) is 5.70. The molecular weight excluding hydrogens is 398 g/mol. The van der Waals surface area contributed by atoms with E-state index in [1.807, 2.05) is 60.0 Å². The Morgan fingerprint density at radius 2 is 1.96 bits per heavy atom. The highest BCUT2D eigenvalue weighted by Crippen LogP contribution is 2.35. The average molecular weight is 412 g/mol. The molecular formula is C20H14ClN3OS2. The van der Waals surface area contributed by atoms with Gasteiger partial charge in [0.1, 0.15) is 0 Å². The van der Waals surface area contributed by atoms with E-state index in [-0.39, 0.29) is 5.91 Å². The van der Waals surface area contributed by atoms with Crippen LogP contribution < -0.4 is 0 Å². The smallest absolute Gasteiger partial charge is 0.266 e. The van der Waals surface area contributed by atoms with E-state index in [0.29, 0.717) is 20.2 Å². The summed E-state index contributed by atoms with van der Waals surface area (Å²) in [6.45, 7) is 0. The Morgan fingerprint density at radius 1 is 1.15 bits per heavy atom. The number of thioether (sulfide) groups is 1. The van der Waals surface area contributed by atoms with Crippen LogP contribution in [0.2, 0.25) is 5.02 Å². The van der Waals surface area contributed by atoms with E-state index >= 15 is 0 Å². The van der Waals surface area contributed by atoms with E-state index in [0.717, 1.165) is 16.8 Å². The number of thiazole rings is 1. The van der Waals surface area contributed by atoms with Gasteiger partial charge in [-0.15, -0.1) is 11.3 Å². The molecule has 4 rings (SSSR count). The molecule has 0 aliphatic carbocycles. The molecule has 4 nitrogen and oxygen atoms in total. The SMILES string of the molecule is CN1C(=O)/C(=C/c2cccc(Cl)c2)S/C1=N/c1nc(-c2ccccc2)cs1. The second kappa shape index (κ2) is 7.68. The van der Waals surface area contributed by atoms with E-state index in [1.54, 1.807) is 18.0 Å². The normalized spacial score (nSPS) is 17.3. The first kappa shape index (κ1) is 18.0. The quantitative estimate of drug-likeness (QED) is 0.519. The molecule has 1 aromatic heterocycles. The number of aromatic nitrogens is 1. The second-order valence-electron chi connectivity index (χ2n) is 5.81. The lowest BCUT2D eigenvalue weighted by atomic mass is 10.2. The van der Waals surface area contributed by atoms with Crippen LogP contribution in [0.5, 0.6) is 0 Å². The van der Waals surface area contributed by atoms with Crippen molar-refractivity contribution in [3.63, 3.8) is 0 Å². The predicted molar refractivity (Wildman–Crippen MR) is 114 cm³/mol. The van der Waals surface area contributed by atoms with E-state index in [4.69, 9.17) is 11.6 Å². The summed E-state index contributed by atoms with van der Waals surface area (Å²) in [4.78, 5) is 23.8. The van der Waals surface area contributed by atoms with Gasteiger partial charge >= 0.3 is 0 Å². The fraction of sp³-hybridized carbons (Fsp3) is 0.0500. The van der Waals surface area contributed by atoms with Crippen molar-refractivity contribution >= 4 is 57.0 Å². The minimum absolute atomic E-state index is 0.0847. The number of rotatable bonds is 3. The van der Waals surface area contributed by atoms with Gasteiger partial charge in [-0.3, -0.25) is 9.69 Å². The van der Waals surface area contributed by atoms with Crippen LogP contribution >= 0.6 is 34.7 Å². The summed E-state index contributed by atoms with van der Waals surface area (Å²) >= 11 is 8.82. The van der Waals surface area contributed by atoms with Crippen molar-refractivity contribution in [2.45, 2.75) is 0 Å². The van der Waals surface area contributed by atoms with Crippen molar-refractivity contribution in [1.82, 2.24) is 9.88 Å². The number of amides is 1. The number of amidine groups is 1. The third-order valence-electron chi connectivity index (χ3n) is 3.90. The highest BCUT2D eigenvalue weighted by Gasteiger charge is 2.30. The first-order chi connectivity index (χ1) is 13.1. The van der Waals surface area contributed by atoms with Crippen molar-refractivity contribution in [2.24, 2.45) is 4.99 Å². The molecule has 0 bridgehead atoms. The van der Waals surface area contributed by atoms with E-state index < -0.39 is 0 Å². The summed E-state index contributed by atoms with van der Waals surface area (Å²) in [7, 11) is 1.72. The first-order valence-corrected chi connectivity index (χ1v) is 10.2. The van der Waals surface area contributed by atoms with Crippen LogP contribution in [0.3, 0.4) is 0 Å². The highest BCUT2D eigenvalue weighted by atomic mass is 35.5. The summed E-state index contributed by atoms with van der Waals surface area (Å²) < 4.78 is 0. The molecule has 1 aliphatic heterocycles. The number of benzene rings is 2. The lowest BCUT2D eigenvalue weighted by Gasteiger charge is -2.05. The Hall–Kier alpha value is -2.41. The monoisotopic (exact) mass is 411 g/mol. The molecule has 0 spiro atoms. The van der Waals surface area contributed by atoms with Gasteiger partial charge in [-0.25, -0.2) is 4.98 Å².